The van der Waals surface area contributed by atoms with Gasteiger partial charge in [-0.2, -0.15) is 0 Å². The van der Waals surface area contributed by atoms with Crippen LogP contribution in [-0.4, -0.2) is 47.0 Å². The first-order valence-corrected chi connectivity index (χ1v) is 16.2. The number of hydrogen-bond acceptors (Lipinski definition) is 6. The number of carboxylic acid groups (broad SMARTS) is 1. The third kappa shape index (κ3) is 10.8. The maximum atomic E-state index is 14.2. The monoisotopic (exact) mass is 682 g/mol. The zero-order chi connectivity index (χ0) is 31.6. The van der Waals surface area contributed by atoms with Crippen LogP contribution < -0.4 is 28.3 Å². The summed E-state index contributed by atoms with van der Waals surface area (Å²) >= 11 is 0. The van der Waals surface area contributed by atoms with Crippen LogP contribution >= 0.6 is 0 Å². The second kappa shape index (κ2) is 18.5. The van der Waals surface area contributed by atoms with Gasteiger partial charge in [-0.05, 0) is 110 Å². The molecule has 0 saturated carbocycles. The van der Waals surface area contributed by atoms with Gasteiger partial charge in [0.1, 0.15) is 11.6 Å². The molecule has 0 aliphatic heterocycles. The van der Waals surface area contributed by atoms with E-state index in [1.54, 1.807) is 6.92 Å². The van der Waals surface area contributed by atoms with Gasteiger partial charge in [-0.1, -0.05) is 14.9 Å². The third-order valence-corrected chi connectivity index (χ3v) is 10.2. The molecule has 0 aromatic heterocycles. The predicted molar refractivity (Wildman–Crippen MR) is 175 cm³/mol. The summed E-state index contributed by atoms with van der Waals surface area (Å²) < 4.78 is 62.6. The Hall–Kier alpha value is -1.98. The van der Waals surface area contributed by atoms with Crippen LogP contribution in [0.2, 0.25) is 0 Å². The summed E-state index contributed by atoms with van der Waals surface area (Å²) in [6.45, 7) is 13.1. The first kappa shape index (κ1) is 46.1. The smallest absolute Gasteiger partial charge is 0.870 e. The molecule has 2 aromatic carbocycles. The van der Waals surface area contributed by atoms with Crippen LogP contribution in [0.5, 0.6) is 0 Å². The molecule has 0 radical (unpaired) electrons. The third-order valence-electron chi connectivity index (χ3n) is 7.01. The molecular formula is C32H49F2LiN2O7S2. The van der Waals surface area contributed by atoms with Gasteiger partial charge in [0.2, 0.25) is 0 Å². The van der Waals surface area contributed by atoms with Gasteiger partial charge in [0, 0.05) is 23.2 Å². The summed E-state index contributed by atoms with van der Waals surface area (Å²) in [4.78, 5) is 23.1. The average Bonchev–Trinajstić information content (AvgIpc) is 3.49. The van der Waals surface area contributed by atoms with E-state index in [1.165, 1.54) is 24.3 Å². The van der Waals surface area contributed by atoms with Crippen molar-refractivity contribution >= 4 is 33.9 Å². The largest absolute Gasteiger partial charge is 1.00 e. The van der Waals surface area contributed by atoms with Gasteiger partial charge in [0.25, 0.3) is 0 Å². The maximum absolute atomic E-state index is 14.2. The van der Waals surface area contributed by atoms with E-state index in [-0.39, 0.29) is 63.2 Å². The van der Waals surface area contributed by atoms with E-state index in [1.807, 2.05) is 41.5 Å². The molecule has 14 heteroatoms. The molecular weight excluding hydrogens is 633 g/mol. The molecule has 4 rings (SSSR count). The maximum Gasteiger partial charge on any atom is 1.00 e. The minimum atomic E-state index is -1.32. The Labute approximate surface area is 289 Å². The number of aromatic carboxylic acids is 1. The van der Waals surface area contributed by atoms with Gasteiger partial charge in [-0.15, -0.1) is 0 Å². The number of halogens is 2. The first-order valence-electron chi connectivity index (χ1n) is 13.9. The molecule has 46 heavy (non-hydrogen) atoms. The zero-order valence-corrected chi connectivity index (χ0v) is 28.1. The number of benzene rings is 2. The average molecular weight is 683 g/mol. The van der Waals surface area contributed by atoms with Crippen molar-refractivity contribution in [3.8, 4) is 0 Å². The molecule has 0 fully saturated rings. The minimum absolute atomic E-state index is 0. The van der Waals surface area contributed by atoms with E-state index in [0.29, 0.717) is 53.5 Å². The van der Waals surface area contributed by atoms with E-state index < -0.39 is 55.3 Å². The molecule has 4 N–H and O–H groups in total. The van der Waals surface area contributed by atoms with Crippen LogP contribution in [0.25, 0.3) is 0 Å². The molecule has 2 aliphatic rings. The predicted octanol–water partition coefficient (Wildman–Crippen LogP) is 3.70. The summed E-state index contributed by atoms with van der Waals surface area (Å²) in [5, 5.41) is 9.13. The van der Waals surface area contributed by atoms with Crippen molar-refractivity contribution in [3.63, 3.8) is 0 Å². The SMILES string of the molecule is C.C.CC(C)(C)[S@](=O)N[C@H]1CCc2c(C(=O)O)ccc(F)c21.CCOC(=O)c1ccc(F)c2c1CC[C@@H]2N[S@@](=O)C(C)(C)C.[Li+].[OH-]. The van der Waals surface area contributed by atoms with Crippen molar-refractivity contribution in [1.29, 1.82) is 0 Å². The van der Waals surface area contributed by atoms with E-state index in [0.717, 1.165) is 0 Å². The molecule has 0 amide bonds. The Balaban J connectivity index is 0. The Kier molecular flexibility index (Phi) is 18.6. The molecule has 9 nitrogen and oxygen atoms in total. The van der Waals surface area contributed by atoms with Crippen molar-refractivity contribution < 1.29 is 61.0 Å². The molecule has 0 spiro atoms. The summed E-state index contributed by atoms with van der Waals surface area (Å²) in [6, 6.07) is 4.47. The number of carboxylic acids is 1. The normalized spacial score (nSPS) is 17.6. The number of nitrogens with one attached hydrogen (secondary N) is 2. The topological polar surface area (TPSA) is 152 Å². The Morgan fingerprint density at radius 3 is 1.54 bits per heavy atom. The molecule has 4 atom stereocenters. The van der Waals surface area contributed by atoms with Gasteiger partial charge < -0.3 is 15.3 Å². The number of carbonyl (C=O) groups excluding carboxylic acids is 1. The number of rotatable bonds is 7. The van der Waals surface area contributed by atoms with Crippen molar-refractivity contribution in [2.75, 3.05) is 6.61 Å². The van der Waals surface area contributed by atoms with Crippen LogP contribution in [-0.2, 0) is 39.5 Å². The Bertz CT molecular complexity index is 1410. The fourth-order valence-corrected chi connectivity index (χ4v) is 6.57. The van der Waals surface area contributed by atoms with Gasteiger partial charge in [0.05, 0.1) is 49.2 Å². The summed E-state index contributed by atoms with van der Waals surface area (Å²) in [6.07, 6.45) is 2.22. The Morgan fingerprint density at radius 2 is 1.20 bits per heavy atom. The number of ether oxygens (including phenoxy) is 1. The van der Waals surface area contributed by atoms with Crippen LogP contribution in [0.4, 0.5) is 8.78 Å². The standard InChI is InChI=1S/C16H22FNO3S.C14H18FNO3S.2CH4.Li.H2O/c1-5-21-15(19)11-6-8-12(17)14-10(11)7-9-13(14)18-22(20)16(2,3)4;1-14(2,3)20(19)16-11-7-5-8-9(13(17)18)4-6-10(15)12(8)11;;;;/h6,8,13,18H,5,7,9H2,1-4H3;4,6,11,16H,5,7H2,1-3H3,(H,17,18);2*1H4;;1H2/q;;;;+1;/p-1/t13-,22-;11-,20-;;;;/m00..../s1. The molecule has 256 valence electrons. The number of carbonyl (C=O) groups is 2. The van der Waals surface area contributed by atoms with E-state index in [4.69, 9.17) is 9.84 Å². The summed E-state index contributed by atoms with van der Waals surface area (Å²) in [7, 11) is -2.62. The Morgan fingerprint density at radius 1 is 0.826 bits per heavy atom. The number of fused-ring (bicyclic) bond motifs is 2. The van der Waals surface area contributed by atoms with Gasteiger partial charge in [0.15, 0.2) is 0 Å². The molecule has 0 heterocycles. The van der Waals surface area contributed by atoms with Crippen LogP contribution in [0.1, 0.15) is 131 Å². The molecule has 0 saturated heterocycles. The van der Waals surface area contributed by atoms with E-state index in [9.17, 15) is 26.8 Å². The van der Waals surface area contributed by atoms with Crippen molar-refractivity contribution in [2.24, 2.45) is 0 Å². The van der Waals surface area contributed by atoms with E-state index in [2.05, 4.69) is 9.44 Å². The van der Waals surface area contributed by atoms with Crippen LogP contribution in [0.15, 0.2) is 24.3 Å². The van der Waals surface area contributed by atoms with Crippen molar-refractivity contribution in [3.05, 3.63) is 69.3 Å². The fourth-order valence-electron chi connectivity index (χ4n) is 4.88. The first-order chi connectivity index (χ1) is 19.5. The molecule has 0 bridgehead atoms. The van der Waals surface area contributed by atoms with Crippen LogP contribution in [0, 0.1) is 11.6 Å². The molecule has 2 aliphatic carbocycles. The van der Waals surface area contributed by atoms with Gasteiger partial charge in [-0.3, -0.25) is 0 Å². The number of hydrogen-bond donors (Lipinski definition) is 3. The van der Waals surface area contributed by atoms with Crippen molar-refractivity contribution in [2.45, 2.75) is 111 Å². The fraction of sp³-hybridized carbons (Fsp3) is 0.562. The second-order valence-corrected chi connectivity index (χ2v) is 16.2. The molecule has 2 aromatic rings. The van der Waals surface area contributed by atoms with Gasteiger partial charge in [-0.25, -0.2) is 36.2 Å². The zero-order valence-electron chi connectivity index (χ0n) is 26.5. The van der Waals surface area contributed by atoms with Crippen LogP contribution in [0.3, 0.4) is 0 Å². The molecule has 0 unspecified atom stereocenters. The second-order valence-electron chi connectivity index (χ2n) is 12.2. The number of esters is 1. The minimum Gasteiger partial charge on any atom is -0.870 e. The van der Waals surface area contributed by atoms with Crippen molar-refractivity contribution in [1.82, 2.24) is 9.44 Å². The van der Waals surface area contributed by atoms with E-state index >= 15 is 0 Å². The summed E-state index contributed by atoms with van der Waals surface area (Å²) in [5.74, 6) is -2.30. The quantitative estimate of drug-likeness (QED) is 0.298. The summed E-state index contributed by atoms with van der Waals surface area (Å²) in [5.41, 5.74) is 2.52. The van der Waals surface area contributed by atoms with Gasteiger partial charge >= 0.3 is 30.8 Å².